The van der Waals surface area contributed by atoms with Crippen molar-refractivity contribution in [2.24, 2.45) is 5.41 Å². The quantitative estimate of drug-likeness (QED) is 0.639. The molecule has 1 aromatic rings. The predicted molar refractivity (Wildman–Crippen MR) is 69.4 cm³/mol. The molecule has 1 aromatic carbocycles. The number of amides is 2. The highest BCUT2D eigenvalue weighted by Gasteiger charge is 2.45. The largest absolute Gasteiger partial charge is 0.399 e. The van der Waals surface area contributed by atoms with E-state index in [2.05, 4.69) is 15.9 Å². The van der Waals surface area contributed by atoms with Crippen molar-refractivity contribution in [2.45, 2.75) is 20.3 Å². The van der Waals surface area contributed by atoms with Crippen LogP contribution in [0.3, 0.4) is 0 Å². The summed E-state index contributed by atoms with van der Waals surface area (Å²) in [6.45, 7) is 3.55. The van der Waals surface area contributed by atoms with Gasteiger partial charge in [-0.15, -0.1) is 0 Å². The summed E-state index contributed by atoms with van der Waals surface area (Å²) in [6.07, 6.45) is 0.239. The van der Waals surface area contributed by atoms with Gasteiger partial charge in [0.05, 0.1) is 11.1 Å². The number of nitrogen functional groups attached to an aromatic ring is 1. The number of hydrogen-bond acceptors (Lipinski definition) is 3. The lowest BCUT2D eigenvalue weighted by Gasteiger charge is -2.19. The lowest BCUT2D eigenvalue weighted by molar-refractivity contribution is -0.124. The summed E-state index contributed by atoms with van der Waals surface area (Å²) in [6, 6.07) is 5.03. The second kappa shape index (κ2) is 3.84. The van der Waals surface area contributed by atoms with Crippen LogP contribution in [0, 0.1) is 5.41 Å². The maximum Gasteiger partial charge on any atom is 0.239 e. The fourth-order valence-corrected chi connectivity index (χ4v) is 2.47. The second-order valence-electron chi connectivity index (χ2n) is 4.81. The van der Waals surface area contributed by atoms with Crippen molar-refractivity contribution in [2.75, 3.05) is 10.6 Å². The Morgan fingerprint density at radius 3 is 2.47 bits per heavy atom. The monoisotopic (exact) mass is 296 g/mol. The van der Waals surface area contributed by atoms with Crippen molar-refractivity contribution in [3.05, 3.63) is 22.7 Å². The van der Waals surface area contributed by atoms with Crippen LogP contribution in [0.1, 0.15) is 20.3 Å². The first kappa shape index (κ1) is 12.1. The van der Waals surface area contributed by atoms with Gasteiger partial charge in [0, 0.05) is 16.6 Å². The third-order valence-corrected chi connectivity index (χ3v) is 3.47. The standard InChI is InChI=1S/C12H13BrN2O2/c1-12(2)6-10(16)15(11(12)17)9-4-3-7(14)5-8(9)13/h3-5H,6,14H2,1-2H3. The number of nitrogens with two attached hydrogens (primary N) is 1. The van der Waals surface area contributed by atoms with Gasteiger partial charge in [-0.1, -0.05) is 13.8 Å². The Balaban J connectivity index is 2.48. The Morgan fingerprint density at radius 1 is 1.35 bits per heavy atom. The van der Waals surface area contributed by atoms with Crippen molar-refractivity contribution < 1.29 is 9.59 Å². The SMILES string of the molecule is CC1(C)CC(=O)N(c2ccc(N)cc2Br)C1=O. The number of carbonyl (C=O) groups excluding carboxylic acids is 2. The van der Waals surface area contributed by atoms with E-state index in [1.165, 1.54) is 4.90 Å². The average molecular weight is 297 g/mol. The number of benzene rings is 1. The third-order valence-electron chi connectivity index (χ3n) is 2.84. The van der Waals surface area contributed by atoms with Crippen LogP contribution in [-0.4, -0.2) is 11.8 Å². The minimum absolute atomic E-state index is 0.173. The van der Waals surface area contributed by atoms with Crippen LogP contribution in [0.25, 0.3) is 0 Å². The van der Waals surface area contributed by atoms with E-state index in [1.807, 2.05) is 0 Å². The first-order chi connectivity index (χ1) is 7.83. The van der Waals surface area contributed by atoms with Crippen molar-refractivity contribution in [3.8, 4) is 0 Å². The molecule has 1 heterocycles. The molecule has 2 N–H and O–H groups in total. The van der Waals surface area contributed by atoms with Gasteiger partial charge in [0.2, 0.25) is 11.8 Å². The Labute approximate surface area is 108 Å². The Bertz CT molecular complexity index is 511. The molecule has 90 valence electrons. The van der Waals surface area contributed by atoms with Crippen molar-refractivity contribution in [3.63, 3.8) is 0 Å². The van der Waals surface area contributed by atoms with Crippen molar-refractivity contribution >= 4 is 39.1 Å². The first-order valence-electron chi connectivity index (χ1n) is 5.25. The molecule has 0 spiro atoms. The van der Waals surface area contributed by atoms with Crippen LogP contribution in [0.2, 0.25) is 0 Å². The maximum atomic E-state index is 12.1. The number of hydrogen-bond donors (Lipinski definition) is 1. The molecule has 4 nitrogen and oxygen atoms in total. The fraction of sp³-hybridized carbons (Fsp3) is 0.333. The molecule has 0 atom stereocenters. The normalized spacial score (nSPS) is 18.9. The van der Waals surface area contributed by atoms with E-state index >= 15 is 0 Å². The highest BCUT2D eigenvalue weighted by molar-refractivity contribution is 9.10. The number of halogens is 1. The van der Waals surface area contributed by atoms with Crippen LogP contribution in [0.4, 0.5) is 11.4 Å². The minimum atomic E-state index is -0.627. The summed E-state index contributed by atoms with van der Waals surface area (Å²) in [5.74, 6) is -0.349. The Morgan fingerprint density at radius 2 is 2.00 bits per heavy atom. The van der Waals surface area contributed by atoms with E-state index in [0.717, 1.165) is 0 Å². The van der Waals surface area contributed by atoms with Crippen LogP contribution < -0.4 is 10.6 Å². The van der Waals surface area contributed by atoms with Crippen molar-refractivity contribution in [1.82, 2.24) is 0 Å². The van der Waals surface area contributed by atoms with Gasteiger partial charge in [0.1, 0.15) is 0 Å². The van der Waals surface area contributed by atoms with Gasteiger partial charge >= 0.3 is 0 Å². The van der Waals surface area contributed by atoms with Crippen molar-refractivity contribution in [1.29, 1.82) is 0 Å². The van der Waals surface area contributed by atoms with Gasteiger partial charge in [-0.05, 0) is 34.1 Å². The third kappa shape index (κ3) is 1.95. The van der Waals surface area contributed by atoms with Gasteiger partial charge in [-0.3, -0.25) is 9.59 Å². The molecule has 1 aliphatic heterocycles. The molecule has 0 unspecified atom stereocenters. The van der Waals surface area contributed by atoms with E-state index in [9.17, 15) is 9.59 Å². The predicted octanol–water partition coefficient (Wildman–Crippen LogP) is 2.32. The zero-order valence-electron chi connectivity index (χ0n) is 9.66. The smallest absolute Gasteiger partial charge is 0.239 e. The Kier molecular flexibility index (Phi) is 2.73. The highest BCUT2D eigenvalue weighted by Crippen LogP contribution is 2.38. The summed E-state index contributed by atoms with van der Waals surface area (Å²) >= 11 is 3.32. The number of rotatable bonds is 1. The fourth-order valence-electron chi connectivity index (χ4n) is 1.90. The summed E-state index contributed by atoms with van der Waals surface area (Å²) in [7, 11) is 0. The zero-order chi connectivity index (χ0) is 12.8. The summed E-state index contributed by atoms with van der Waals surface area (Å²) in [4.78, 5) is 25.2. The topological polar surface area (TPSA) is 63.4 Å². The van der Waals surface area contributed by atoms with E-state index in [1.54, 1.807) is 32.0 Å². The van der Waals surface area contributed by atoms with Gasteiger partial charge < -0.3 is 5.73 Å². The van der Waals surface area contributed by atoms with E-state index in [0.29, 0.717) is 15.8 Å². The van der Waals surface area contributed by atoms with Gasteiger partial charge in [-0.25, -0.2) is 4.90 Å². The molecule has 0 radical (unpaired) electrons. The maximum absolute atomic E-state index is 12.1. The minimum Gasteiger partial charge on any atom is -0.399 e. The molecule has 1 fully saturated rings. The molecule has 0 bridgehead atoms. The molecular formula is C12H13BrN2O2. The van der Waals surface area contributed by atoms with Crippen LogP contribution in [0.15, 0.2) is 22.7 Å². The second-order valence-corrected chi connectivity index (χ2v) is 5.66. The molecule has 5 heteroatoms. The molecule has 0 aliphatic carbocycles. The number of nitrogens with zero attached hydrogens (tertiary/aromatic N) is 1. The van der Waals surface area contributed by atoms with Crippen LogP contribution >= 0.6 is 15.9 Å². The lowest BCUT2D eigenvalue weighted by atomic mass is 9.92. The highest BCUT2D eigenvalue weighted by atomic mass is 79.9. The van der Waals surface area contributed by atoms with E-state index in [4.69, 9.17) is 5.73 Å². The average Bonchev–Trinajstić information content (AvgIpc) is 2.39. The van der Waals surface area contributed by atoms with Crippen LogP contribution in [0.5, 0.6) is 0 Å². The van der Waals surface area contributed by atoms with Gasteiger partial charge in [0.15, 0.2) is 0 Å². The Hall–Kier alpha value is -1.36. The molecule has 17 heavy (non-hydrogen) atoms. The molecule has 1 saturated heterocycles. The molecule has 0 saturated carbocycles. The van der Waals surface area contributed by atoms with Crippen LogP contribution in [-0.2, 0) is 9.59 Å². The van der Waals surface area contributed by atoms with Gasteiger partial charge in [-0.2, -0.15) is 0 Å². The summed E-state index contributed by atoms with van der Waals surface area (Å²) < 4.78 is 0.650. The molecule has 2 rings (SSSR count). The van der Waals surface area contributed by atoms with Gasteiger partial charge in [0.25, 0.3) is 0 Å². The summed E-state index contributed by atoms with van der Waals surface area (Å²) in [5.41, 5.74) is 6.14. The van der Waals surface area contributed by atoms with E-state index in [-0.39, 0.29) is 18.2 Å². The number of anilines is 2. The summed E-state index contributed by atoms with van der Waals surface area (Å²) in [5, 5.41) is 0. The molecular weight excluding hydrogens is 284 g/mol. The lowest BCUT2D eigenvalue weighted by Crippen LogP contribution is -2.33. The molecule has 2 amide bonds. The van der Waals surface area contributed by atoms with E-state index < -0.39 is 5.41 Å². The molecule has 0 aromatic heterocycles. The molecule has 1 aliphatic rings. The first-order valence-corrected chi connectivity index (χ1v) is 6.04. The number of carbonyl (C=O) groups is 2. The number of imide groups is 1. The zero-order valence-corrected chi connectivity index (χ0v) is 11.2.